The van der Waals surface area contributed by atoms with Crippen LogP contribution in [0, 0.1) is 0 Å². The zero-order valence-electron chi connectivity index (χ0n) is 24.6. The smallest absolute Gasteiger partial charge is 0.229 e. The fourth-order valence-corrected chi connectivity index (χ4v) is 5.26. The van der Waals surface area contributed by atoms with Gasteiger partial charge in [-0.25, -0.2) is 0 Å². The van der Waals surface area contributed by atoms with Crippen LogP contribution in [0.15, 0.2) is 66.3 Å². The summed E-state index contributed by atoms with van der Waals surface area (Å²) < 4.78 is 17.2. The molecule has 5 rings (SSSR count). The first-order valence-electron chi connectivity index (χ1n) is 15.0. The van der Waals surface area contributed by atoms with Crippen molar-refractivity contribution in [3.63, 3.8) is 0 Å². The van der Waals surface area contributed by atoms with Gasteiger partial charge in [0.15, 0.2) is 17.3 Å². The third kappa shape index (κ3) is 8.15. The van der Waals surface area contributed by atoms with Crippen molar-refractivity contribution in [2.24, 2.45) is 5.10 Å². The first kappa shape index (κ1) is 29.2. The van der Waals surface area contributed by atoms with E-state index in [1.54, 1.807) is 13.3 Å². The van der Waals surface area contributed by atoms with Crippen molar-refractivity contribution in [3.8, 4) is 17.2 Å². The molecular formula is C33H42N6O3. The van der Waals surface area contributed by atoms with Gasteiger partial charge in [0.1, 0.15) is 24.8 Å². The van der Waals surface area contributed by atoms with Crippen molar-refractivity contribution in [2.45, 2.75) is 44.9 Å². The van der Waals surface area contributed by atoms with Crippen LogP contribution >= 0.6 is 0 Å². The molecule has 1 aromatic heterocycles. The van der Waals surface area contributed by atoms with Crippen molar-refractivity contribution in [3.05, 3.63) is 72.3 Å². The van der Waals surface area contributed by atoms with Crippen LogP contribution in [0.2, 0.25) is 0 Å². The SMILES string of the molecule is C=CCc1ccc(OCCOc2ccc(/C=N/Nc3cc(N4CCCCC4)nc(N4CCCCC4)n3)cc2)c(OC)c1. The number of ether oxygens (including phenoxy) is 3. The lowest BCUT2D eigenvalue weighted by Gasteiger charge is -2.31. The molecule has 0 amide bonds. The average molecular weight is 571 g/mol. The highest BCUT2D eigenvalue weighted by atomic mass is 16.5. The second-order valence-electron chi connectivity index (χ2n) is 10.6. The number of rotatable bonds is 13. The van der Waals surface area contributed by atoms with Gasteiger partial charge in [0, 0.05) is 32.2 Å². The summed E-state index contributed by atoms with van der Waals surface area (Å²) in [6.07, 6.45) is 11.8. The van der Waals surface area contributed by atoms with Crippen molar-refractivity contribution in [2.75, 3.05) is 61.7 Å². The Labute approximate surface area is 249 Å². The summed E-state index contributed by atoms with van der Waals surface area (Å²) in [5.41, 5.74) is 5.23. The Morgan fingerprint density at radius 1 is 0.833 bits per heavy atom. The van der Waals surface area contributed by atoms with E-state index in [9.17, 15) is 0 Å². The van der Waals surface area contributed by atoms with Crippen LogP contribution in [0.1, 0.15) is 49.7 Å². The molecule has 3 aromatic rings. The van der Waals surface area contributed by atoms with Gasteiger partial charge < -0.3 is 24.0 Å². The highest BCUT2D eigenvalue weighted by molar-refractivity contribution is 5.80. The van der Waals surface area contributed by atoms with E-state index in [0.717, 1.165) is 61.2 Å². The van der Waals surface area contributed by atoms with Gasteiger partial charge in [-0.05, 0) is 92.5 Å². The van der Waals surface area contributed by atoms with Crippen LogP contribution < -0.4 is 29.4 Å². The zero-order valence-corrected chi connectivity index (χ0v) is 24.6. The molecule has 1 N–H and O–H groups in total. The Morgan fingerprint density at radius 3 is 2.26 bits per heavy atom. The number of hydrazone groups is 1. The van der Waals surface area contributed by atoms with E-state index in [1.165, 1.54) is 38.5 Å². The molecule has 42 heavy (non-hydrogen) atoms. The molecule has 0 saturated carbocycles. The summed E-state index contributed by atoms with van der Waals surface area (Å²) in [5, 5.41) is 4.48. The number of piperidine rings is 2. The molecule has 9 heteroatoms. The molecule has 9 nitrogen and oxygen atoms in total. The van der Waals surface area contributed by atoms with E-state index in [1.807, 2.05) is 54.6 Å². The molecule has 222 valence electrons. The number of allylic oxidation sites excluding steroid dienone is 1. The minimum absolute atomic E-state index is 0.405. The summed E-state index contributed by atoms with van der Waals surface area (Å²) in [4.78, 5) is 14.4. The van der Waals surface area contributed by atoms with Gasteiger partial charge in [0.25, 0.3) is 0 Å². The number of anilines is 3. The number of hydrogen-bond donors (Lipinski definition) is 1. The lowest BCUT2D eigenvalue weighted by molar-refractivity contribution is 0.211. The first-order valence-corrected chi connectivity index (χ1v) is 15.0. The number of benzene rings is 2. The quantitative estimate of drug-likeness (QED) is 0.114. The monoisotopic (exact) mass is 570 g/mol. The highest BCUT2D eigenvalue weighted by Gasteiger charge is 2.19. The number of aromatic nitrogens is 2. The van der Waals surface area contributed by atoms with E-state index in [-0.39, 0.29) is 0 Å². The Hall–Kier alpha value is -4.27. The van der Waals surface area contributed by atoms with Gasteiger partial charge in [-0.3, -0.25) is 5.43 Å². The molecule has 2 aromatic carbocycles. The van der Waals surface area contributed by atoms with E-state index < -0.39 is 0 Å². The van der Waals surface area contributed by atoms with Crippen LogP contribution in [0.3, 0.4) is 0 Å². The lowest BCUT2D eigenvalue weighted by Crippen LogP contribution is -2.33. The van der Waals surface area contributed by atoms with Gasteiger partial charge in [0.05, 0.1) is 13.3 Å². The van der Waals surface area contributed by atoms with Crippen molar-refractivity contribution in [1.82, 2.24) is 9.97 Å². The Balaban J connectivity index is 1.14. The normalized spacial score (nSPS) is 15.5. The summed E-state index contributed by atoms with van der Waals surface area (Å²) in [6, 6.07) is 15.7. The van der Waals surface area contributed by atoms with Crippen molar-refractivity contribution >= 4 is 23.8 Å². The molecule has 3 heterocycles. The molecule has 0 aliphatic carbocycles. The largest absolute Gasteiger partial charge is 0.493 e. The van der Waals surface area contributed by atoms with Crippen LogP contribution in [0.25, 0.3) is 0 Å². The van der Waals surface area contributed by atoms with E-state index in [4.69, 9.17) is 24.2 Å². The van der Waals surface area contributed by atoms with Crippen LogP contribution in [-0.4, -0.2) is 62.7 Å². The number of methoxy groups -OCH3 is 1. The third-order valence-corrected chi connectivity index (χ3v) is 7.51. The molecule has 2 aliphatic rings. The average Bonchev–Trinajstić information content (AvgIpc) is 3.05. The van der Waals surface area contributed by atoms with E-state index in [0.29, 0.717) is 30.5 Å². The van der Waals surface area contributed by atoms with Crippen LogP contribution in [-0.2, 0) is 6.42 Å². The second-order valence-corrected chi connectivity index (χ2v) is 10.6. The maximum Gasteiger partial charge on any atom is 0.229 e. The molecule has 0 atom stereocenters. The number of nitrogens with zero attached hydrogens (tertiary/aromatic N) is 5. The summed E-state index contributed by atoms with van der Waals surface area (Å²) >= 11 is 0. The maximum atomic E-state index is 5.87. The number of nitrogens with one attached hydrogen (secondary N) is 1. The molecule has 2 fully saturated rings. The molecule has 2 saturated heterocycles. The number of hydrogen-bond acceptors (Lipinski definition) is 9. The topological polar surface area (TPSA) is 84.3 Å². The third-order valence-electron chi connectivity index (χ3n) is 7.51. The fourth-order valence-electron chi connectivity index (χ4n) is 5.26. The predicted octanol–water partition coefficient (Wildman–Crippen LogP) is 6.10. The lowest BCUT2D eigenvalue weighted by atomic mass is 10.1. The van der Waals surface area contributed by atoms with Gasteiger partial charge in [-0.1, -0.05) is 12.1 Å². The van der Waals surface area contributed by atoms with Gasteiger partial charge >= 0.3 is 0 Å². The maximum absolute atomic E-state index is 5.87. The predicted molar refractivity (Wildman–Crippen MR) is 170 cm³/mol. The van der Waals surface area contributed by atoms with Gasteiger partial charge in [0.2, 0.25) is 5.95 Å². The molecular weight excluding hydrogens is 528 g/mol. The highest BCUT2D eigenvalue weighted by Crippen LogP contribution is 2.28. The molecule has 0 spiro atoms. The standard InChI is InChI=1S/C33H42N6O3/c1-3-10-26-13-16-29(30(23-26)40-2)42-22-21-41-28-14-11-27(12-15-28)25-34-37-31-24-32(38-17-6-4-7-18-38)36-33(35-31)39-19-8-5-9-20-39/h3,11-16,23-25H,1,4-10,17-22H2,2H3,(H,35,36,37)/b34-25+. The Bertz CT molecular complexity index is 1280. The Kier molecular flexibility index (Phi) is 10.5. The van der Waals surface area contributed by atoms with E-state index >= 15 is 0 Å². The second kappa shape index (κ2) is 15.1. The molecule has 0 unspecified atom stereocenters. The summed E-state index contributed by atoms with van der Waals surface area (Å²) in [7, 11) is 1.64. The molecule has 0 bridgehead atoms. The van der Waals surface area contributed by atoms with Gasteiger partial charge in [-0.15, -0.1) is 6.58 Å². The van der Waals surface area contributed by atoms with Crippen LogP contribution in [0.5, 0.6) is 17.2 Å². The zero-order chi connectivity index (χ0) is 29.0. The van der Waals surface area contributed by atoms with Crippen molar-refractivity contribution in [1.29, 1.82) is 0 Å². The van der Waals surface area contributed by atoms with Gasteiger partial charge in [-0.2, -0.15) is 15.1 Å². The molecule has 2 aliphatic heterocycles. The van der Waals surface area contributed by atoms with Crippen LogP contribution in [0.4, 0.5) is 17.6 Å². The first-order chi connectivity index (χ1) is 20.7. The van der Waals surface area contributed by atoms with E-state index in [2.05, 4.69) is 26.9 Å². The summed E-state index contributed by atoms with van der Waals surface area (Å²) in [5.74, 6) is 4.67. The fraction of sp³-hybridized carbons (Fsp3) is 0.424. The summed E-state index contributed by atoms with van der Waals surface area (Å²) in [6.45, 7) is 8.69. The Morgan fingerprint density at radius 2 is 1.55 bits per heavy atom. The minimum Gasteiger partial charge on any atom is -0.493 e. The van der Waals surface area contributed by atoms with Crippen molar-refractivity contribution < 1.29 is 14.2 Å². The molecule has 0 radical (unpaired) electrons. The minimum atomic E-state index is 0.405.